The van der Waals surface area contributed by atoms with Crippen LogP contribution in [0.4, 0.5) is 0 Å². The molecule has 1 atom stereocenters. The van der Waals surface area contributed by atoms with Crippen LogP contribution in [0.25, 0.3) is 0 Å². The van der Waals surface area contributed by atoms with E-state index in [1.165, 1.54) is 89.9 Å². The average molecular weight is 298 g/mol. The maximum atomic E-state index is 5.55. The van der Waals surface area contributed by atoms with Gasteiger partial charge in [0, 0.05) is 5.54 Å². The van der Waals surface area contributed by atoms with Gasteiger partial charge in [-0.25, -0.2) is 0 Å². The molecule has 0 aliphatic carbocycles. The Morgan fingerprint density at radius 2 is 1.29 bits per heavy atom. The predicted octanol–water partition coefficient (Wildman–Crippen LogP) is 5.80. The van der Waals surface area contributed by atoms with Crippen molar-refractivity contribution in [2.24, 2.45) is 0 Å². The van der Waals surface area contributed by atoms with Crippen molar-refractivity contribution < 1.29 is 4.74 Å². The zero-order valence-electron chi connectivity index (χ0n) is 14.7. The zero-order valence-corrected chi connectivity index (χ0v) is 14.7. The van der Waals surface area contributed by atoms with Gasteiger partial charge in [-0.3, -0.25) is 5.32 Å². The van der Waals surface area contributed by atoms with Gasteiger partial charge in [0.2, 0.25) is 0 Å². The van der Waals surface area contributed by atoms with Crippen LogP contribution < -0.4 is 5.32 Å². The van der Waals surface area contributed by atoms with Gasteiger partial charge >= 0.3 is 0 Å². The quantitative estimate of drug-likeness (QED) is 0.409. The second kappa shape index (κ2) is 12.5. The van der Waals surface area contributed by atoms with Crippen molar-refractivity contribution in [3.8, 4) is 0 Å². The fourth-order valence-electron chi connectivity index (χ4n) is 3.55. The molecule has 0 aromatic heterocycles. The molecule has 2 nitrogen and oxygen atoms in total. The van der Waals surface area contributed by atoms with Gasteiger partial charge in [-0.2, -0.15) is 0 Å². The molecule has 1 aliphatic rings. The van der Waals surface area contributed by atoms with Crippen LogP contribution in [-0.2, 0) is 4.74 Å². The van der Waals surface area contributed by atoms with Crippen molar-refractivity contribution in [1.82, 2.24) is 5.32 Å². The molecule has 21 heavy (non-hydrogen) atoms. The lowest BCUT2D eigenvalue weighted by molar-refractivity contribution is 0.169. The second-order valence-corrected chi connectivity index (χ2v) is 6.99. The van der Waals surface area contributed by atoms with Crippen LogP contribution in [0.5, 0.6) is 0 Å². The minimum absolute atomic E-state index is 0.314. The Hall–Kier alpha value is -0.0800. The second-order valence-electron chi connectivity index (χ2n) is 6.99. The average Bonchev–Trinajstić information content (AvgIpc) is 2.94. The summed E-state index contributed by atoms with van der Waals surface area (Å²) in [7, 11) is 0. The number of hydrogen-bond donors (Lipinski definition) is 1. The summed E-state index contributed by atoms with van der Waals surface area (Å²) in [6.45, 7) is 6.26. The maximum Gasteiger partial charge on any atom is 0.0971 e. The Morgan fingerprint density at radius 3 is 1.76 bits per heavy atom. The molecular weight excluding hydrogens is 258 g/mol. The molecule has 1 fully saturated rings. The monoisotopic (exact) mass is 297 g/mol. The summed E-state index contributed by atoms with van der Waals surface area (Å²) in [6, 6.07) is 0. The van der Waals surface area contributed by atoms with E-state index < -0.39 is 0 Å². The largest absolute Gasteiger partial charge is 0.364 e. The standard InChI is InChI=1S/C19H39NO/c1-3-5-6-7-8-9-10-11-12-13-14-16-19(15-4-2)17-21-18-20-19/h20H,3-18H2,1-2H3. The van der Waals surface area contributed by atoms with E-state index in [-0.39, 0.29) is 0 Å². The van der Waals surface area contributed by atoms with Crippen molar-refractivity contribution in [2.45, 2.75) is 109 Å². The SMILES string of the molecule is CCCCCCCCCCCCCC1(CCC)COCN1. The number of unbranched alkanes of at least 4 members (excludes halogenated alkanes) is 10. The summed E-state index contributed by atoms with van der Waals surface area (Å²) in [5, 5.41) is 3.58. The lowest BCUT2D eigenvalue weighted by Crippen LogP contribution is -2.42. The van der Waals surface area contributed by atoms with Gasteiger partial charge in [-0.05, 0) is 12.8 Å². The molecule has 1 heterocycles. The minimum Gasteiger partial charge on any atom is -0.364 e. The summed E-state index contributed by atoms with van der Waals surface area (Å²) in [6.07, 6.45) is 19.5. The van der Waals surface area contributed by atoms with E-state index in [1.807, 2.05) is 0 Å². The van der Waals surface area contributed by atoms with Crippen molar-refractivity contribution in [1.29, 1.82) is 0 Å². The topological polar surface area (TPSA) is 21.3 Å². The number of nitrogens with one attached hydrogen (secondary N) is 1. The van der Waals surface area contributed by atoms with Crippen molar-refractivity contribution in [3.05, 3.63) is 0 Å². The highest BCUT2D eigenvalue weighted by Crippen LogP contribution is 2.25. The number of ether oxygens (including phenoxy) is 1. The van der Waals surface area contributed by atoms with Gasteiger partial charge in [-0.15, -0.1) is 0 Å². The zero-order chi connectivity index (χ0) is 15.2. The van der Waals surface area contributed by atoms with Gasteiger partial charge in [0.25, 0.3) is 0 Å². The third-order valence-electron chi connectivity index (χ3n) is 4.92. The van der Waals surface area contributed by atoms with E-state index in [2.05, 4.69) is 19.2 Å². The molecule has 0 aromatic rings. The third kappa shape index (κ3) is 8.83. The Bertz CT molecular complexity index is 224. The molecular formula is C19H39NO. The van der Waals surface area contributed by atoms with Gasteiger partial charge in [0.15, 0.2) is 0 Å². The van der Waals surface area contributed by atoms with E-state index >= 15 is 0 Å². The van der Waals surface area contributed by atoms with Gasteiger partial charge in [0.05, 0.1) is 13.3 Å². The van der Waals surface area contributed by atoms with Crippen molar-refractivity contribution in [3.63, 3.8) is 0 Å². The summed E-state index contributed by atoms with van der Waals surface area (Å²) >= 11 is 0. The highest BCUT2D eigenvalue weighted by molar-refractivity contribution is 4.89. The summed E-state index contributed by atoms with van der Waals surface area (Å²) in [5.74, 6) is 0. The molecule has 1 aliphatic heterocycles. The highest BCUT2D eigenvalue weighted by atomic mass is 16.5. The van der Waals surface area contributed by atoms with Crippen LogP contribution in [-0.4, -0.2) is 18.9 Å². The van der Waals surface area contributed by atoms with Gasteiger partial charge < -0.3 is 4.74 Å². The Morgan fingerprint density at radius 1 is 0.714 bits per heavy atom. The lowest BCUT2D eigenvalue weighted by Gasteiger charge is -2.27. The van der Waals surface area contributed by atoms with Crippen LogP contribution in [0.15, 0.2) is 0 Å². The molecule has 1 unspecified atom stereocenters. The summed E-state index contributed by atoms with van der Waals surface area (Å²) < 4.78 is 5.55. The molecule has 0 amide bonds. The Labute approximate surface area is 133 Å². The molecule has 0 aromatic carbocycles. The predicted molar refractivity (Wildman–Crippen MR) is 92.7 cm³/mol. The van der Waals surface area contributed by atoms with E-state index in [4.69, 9.17) is 4.74 Å². The van der Waals surface area contributed by atoms with Crippen LogP contribution in [0.1, 0.15) is 104 Å². The first-order chi connectivity index (χ1) is 10.3. The molecule has 2 heteroatoms. The summed E-state index contributed by atoms with van der Waals surface area (Å²) in [4.78, 5) is 0. The normalized spacial score (nSPS) is 22.0. The molecule has 0 saturated carbocycles. The highest BCUT2D eigenvalue weighted by Gasteiger charge is 2.32. The van der Waals surface area contributed by atoms with Gasteiger partial charge in [0.1, 0.15) is 0 Å². The van der Waals surface area contributed by atoms with Crippen LogP contribution >= 0.6 is 0 Å². The molecule has 0 bridgehead atoms. The maximum absolute atomic E-state index is 5.55. The van der Waals surface area contributed by atoms with Crippen LogP contribution in [0.2, 0.25) is 0 Å². The molecule has 1 rings (SSSR count). The molecule has 1 N–H and O–H groups in total. The van der Waals surface area contributed by atoms with E-state index in [0.29, 0.717) is 5.54 Å². The van der Waals surface area contributed by atoms with Gasteiger partial charge in [-0.1, -0.05) is 90.9 Å². The van der Waals surface area contributed by atoms with Crippen LogP contribution in [0.3, 0.4) is 0 Å². The van der Waals surface area contributed by atoms with Crippen molar-refractivity contribution in [2.75, 3.05) is 13.3 Å². The third-order valence-corrected chi connectivity index (χ3v) is 4.92. The summed E-state index contributed by atoms with van der Waals surface area (Å²) in [5.41, 5.74) is 0.314. The molecule has 0 radical (unpaired) electrons. The first-order valence-electron chi connectivity index (χ1n) is 9.66. The number of hydrogen-bond acceptors (Lipinski definition) is 2. The smallest absolute Gasteiger partial charge is 0.0971 e. The fraction of sp³-hybridized carbons (Fsp3) is 1.00. The van der Waals surface area contributed by atoms with E-state index in [9.17, 15) is 0 Å². The fourth-order valence-corrected chi connectivity index (χ4v) is 3.55. The van der Waals surface area contributed by atoms with E-state index in [0.717, 1.165) is 13.3 Å². The Balaban J connectivity index is 1.88. The van der Waals surface area contributed by atoms with E-state index in [1.54, 1.807) is 0 Å². The molecule has 126 valence electrons. The molecule has 0 spiro atoms. The number of rotatable bonds is 14. The first kappa shape index (κ1) is 19.0. The van der Waals surface area contributed by atoms with Crippen LogP contribution in [0, 0.1) is 0 Å². The lowest BCUT2D eigenvalue weighted by atomic mass is 9.89. The first-order valence-corrected chi connectivity index (χ1v) is 9.66. The minimum atomic E-state index is 0.314. The Kier molecular flexibility index (Phi) is 11.3. The van der Waals surface area contributed by atoms with Crippen molar-refractivity contribution >= 4 is 0 Å². The molecule has 1 saturated heterocycles.